The first-order valence-corrected chi connectivity index (χ1v) is 7.35. The van der Waals surface area contributed by atoms with Gasteiger partial charge in [0.2, 0.25) is 0 Å². The zero-order valence-electron chi connectivity index (χ0n) is 12.9. The number of non-ortho nitro benzene ring substituents is 1. The van der Waals surface area contributed by atoms with Crippen molar-refractivity contribution < 1.29 is 19.2 Å². The molecular weight excluding hydrogens is 300 g/mol. The van der Waals surface area contributed by atoms with Crippen molar-refractivity contribution in [1.29, 1.82) is 0 Å². The van der Waals surface area contributed by atoms with Gasteiger partial charge in [0.15, 0.2) is 5.78 Å². The van der Waals surface area contributed by atoms with E-state index in [1.165, 1.54) is 18.2 Å². The summed E-state index contributed by atoms with van der Waals surface area (Å²) in [4.78, 5) is 34.1. The number of hydrogen-bond acceptors (Lipinski definition) is 6. The minimum absolute atomic E-state index is 0.00000620. The minimum Gasteiger partial charge on any atom is -0.465 e. The van der Waals surface area contributed by atoms with Gasteiger partial charge in [-0.3, -0.25) is 19.7 Å². The molecule has 1 N–H and O–H groups in total. The predicted octanol–water partition coefficient (Wildman–Crippen LogP) is 2.68. The number of allylic oxidation sites excluding steroid dienone is 2. The van der Waals surface area contributed by atoms with E-state index in [1.54, 1.807) is 19.1 Å². The number of ether oxygens (including phenoxy) is 1. The summed E-state index contributed by atoms with van der Waals surface area (Å²) in [6, 6.07) is 5.92. The molecule has 0 aliphatic heterocycles. The van der Waals surface area contributed by atoms with E-state index in [0.717, 1.165) is 0 Å². The van der Waals surface area contributed by atoms with E-state index < -0.39 is 16.8 Å². The molecule has 1 aromatic rings. The molecule has 122 valence electrons. The van der Waals surface area contributed by atoms with Crippen molar-refractivity contribution in [3.05, 3.63) is 46.2 Å². The van der Waals surface area contributed by atoms with Crippen LogP contribution < -0.4 is 5.32 Å². The van der Waals surface area contributed by atoms with E-state index in [0.29, 0.717) is 17.8 Å². The van der Waals surface area contributed by atoms with Crippen molar-refractivity contribution >= 4 is 23.1 Å². The maximum absolute atomic E-state index is 12.2. The molecule has 0 spiro atoms. The van der Waals surface area contributed by atoms with E-state index in [2.05, 4.69) is 5.32 Å². The predicted molar refractivity (Wildman–Crippen MR) is 83.7 cm³/mol. The summed E-state index contributed by atoms with van der Waals surface area (Å²) >= 11 is 0. The zero-order valence-corrected chi connectivity index (χ0v) is 12.9. The maximum atomic E-state index is 12.2. The monoisotopic (exact) mass is 318 g/mol. The Kier molecular flexibility index (Phi) is 5.10. The smallest absolute Gasteiger partial charge is 0.317 e. The Labute approximate surface area is 133 Å². The molecular formula is C16H18N2O5. The van der Waals surface area contributed by atoms with Gasteiger partial charge in [-0.25, -0.2) is 0 Å². The van der Waals surface area contributed by atoms with Gasteiger partial charge < -0.3 is 10.1 Å². The van der Waals surface area contributed by atoms with Gasteiger partial charge in [-0.2, -0.15) is 0 Å². The highest BCUT2D eigenvalue weighted by Crippen LogP contribution is 2.29. The second-order valence-electron chi connectivity index (χ2n) is 5.41. The molecule has 1 aromatic carbocycles. The fraction of sp³-hybridized carbons (Fsp3) is 0.375. The second kappa shape index (κ2) is 7.04. The number of carbonyl (C=O) groups excluding carboxylic acids is 2. The van der Waals surface area contributed by atoms with Crippen LogP contribution in [0.5, 0.6) is 0 Å². The number of anilines is 1. The molecule has 0 amide bonds. The number of carbonyl (C=O) groups is 2. The lowest BCUT2D eigenvalue weighted by Gasteiger charge is -2.26. The molecule has 2 atom stereocenters. The number of benzene rings is 1. The van der Waals surface area contributed by atoms with Gasteiger partial charge >= 0.3 is 5.97 Å². The second-order valence-corrected chi connectivity index (χ2v) is 5.41. The Morgan fingerprint density at radius 3 is 2.57 bits per heavy atom. The van der Waals surface area contributed by atoms with Crippen LogP contribution in [0, 0.1) is 22.0 Å². The van der Waals surface area contributed by atoms with Crippen LogP contribution in [0.1, 0.15) is 20.3 Å². The molecule has 23 heavy (non-hydrogen) atoms. The topological polar surface area (TPSA) is 98.5 Å². The Balaban J connectivity index is 2.10. The van der Waals surface area contributed by atoms with Crippen LogP contribution in [-0.4, -0.2) is 23.3 Å². The number of nitrogens with one attached hydrogen (secondary N) is 1. The average Bonchev–Trinajstić information content (AvgIpc) is 2.47. The highest BCUT2D eigenvalue weighted by Gasteiger charge is 2.36. The minimum atomic E-state index is -0.766. The molecule has 0 aromatic heterocycles. The zero-order chi connectivity index (χ0) is 17.0. The van der Waals surface area contributed by atoms with Gasteiger partial charge in [0.05, 0.1) is 11.5 Å². The van der Waals surface area contributed by atoms with E-state index in [9.17, 15) is 19.7 Å². The van der Waals surface area contributed by atoms with Crippen LogP contribution in [0.25, 0.3) is 0 Å². The highest BCUT2D eigenvalue weighted by molar-refractivity contribution is 6.06. The van der Waals surface area contributed by atoms with Crippen molar-refractivity contribution in [2.75, 3.05) is 11.9 Å². The van der Waals surface area contributed by atoms with Crippen LogP contribution >= 0.6 is 0 Å². The van der Waals surface area contributed by atoms with Gasteiger partial charge in [-0.15, -0.1) is 0 Å². The molecule has 1 aliphatic rings. The SMILES string of the molecule is CCOC(=O)C1C(=O)C=C(Nc2ccc([N+](=O)[O-])cc2)CC1C. The summed E-state index contributed by atoms with van der Waals surface area (Å²) in [7, 11) is 0. The molecule has 0 saturated carbocycles. The first-order valence-electron chi connectivity index (χ1n) is 7.35. The van der Waals surface area contributed by atoms with Crippen molar-refractivity contribution in [2.24, 2.45) is 11.8 Å². The number of esters is 1. The number of rotatable bonds is 5. The number of nitro groups is 1. The molecule has 0 heterocycles. The number of nitrogens with zero attached hydrogens (tertiary/aromatic N) is 1. The third kappa shape index (κ3) is 3.94. The lowest BCUT2D eigenvalue weighted by Crippen LogP contribution is -2.34. The van der Waals surface area contributed by atoms with E-state index in [4.69, 9.17) is 4.74 Å². The number of nitro benzene ring substituents is 1. The standard InChI is InChI=1S/C16H18N2O5/c1-3-23-16(20)15-10(2)8-12(9-14(15)19)17-11-4-6-13(7-5-11)18(21)22/h4-7,9-10,15,17H,3,8H2,1-2H3. The number of ketones is 1. The molecule has 7 nitrogen and oxygen atoms in total. The van der Waals surface area contributed by atoms with E-state index in [-0.39, 0.29) is 24.0 Å². The summed E-state index contributed by atoms with van der Waals surface area (Å²) in [5.74, 6) is -1.72. The Hall–Kier alpha value is -2.70. The molecule has 7 heteroatoms. The van der Waals surface area contributed by atoms with Crippen molar-refractivity contribution in [3.63, 3.8) is 0 Å². The van der Waals surface area contributed by atoms with Crippen LogP contribution in [0.15, 0.2) is 36.0 Å². The maximum Gasteiger partial charge on any atom is 0.317 e. The van der Waals surface area contributed by atoms with E-state index >= 15 is 0 Å². The molecule has 0 radical (unpaired) electrons. The summed E-state index contributed by atoms with van der Waals surface area (Å²) in [5, 5.41) is 13.7. The average molecular weight is 318 g/mol. The van der Waals surface area contributed by atoms with Gasteiger partial charge in [-0.1, -0.05) is 6.92 Å². The molecule has 0 saturated heterocycles. The Morgan fingerprint density at radius 1 is 1.39 bits per heavy atom. The summed E-state index contributed by atoms with van der Waals surface area (Å²) in [6.07, 6.45) is 1.93. The van der Waals surface area contributed by atoms with Crippen LogP contribution in [-0.2, 0) is 14.3 Å². The molecule has 2 rings (SSSR count). The van der Waals surface area contributed by atoms with E-state index in [1.807, 2.05) is 6.92 Å². The fourth-order valence-corrected chi connectivity index (χ4v) is 2.59. The number of hydrogen-bond donors (Lipinski definition) is 1. The van der Waals surface area contributed by atoms with Gasteiger partial charge in [0.1, 0.15) is 5.92 Å². The third-order valence-corrected chi connectivity index (χ3v) is 3.66. The highest BCUT2D eigenvalue weighted by atomic mass is 16.6. The quantitative estimate of drug-likeness (QED) is 0.388. The van der Waals surface area contributed by atoms with Crippen LogP contribution in [0.4, 0.5) is 11.4 Å². The van der Waals surface area contributed by atoms with Crippen molar-refractivity contribution in [3.8, 4) is 0 Å². The van der Waals surface area contributed by atoms with Crippen LogP contribution in [0.3, 0.4) is 0 Å². The van der Waals surface area contributed by atoms with Crippen molar-refractivity contribution in [1.82, 2.24) is 0 Å². The molecule has 0 bridgehead atoms. The largest absolute Gasteiger partial charge is 0.465 e. The third-order valence-electron chi connectivity index (χ3n) is 3.66. The Morgan fingerprint density at radius 2 is 2.04 bits per heavy atom. The normalized spacial score (nSPS) is 20.6. The van der Waals surface area contributed by atoms with Gasteiger partial charge in [0.25, 0.3) is 5.69 Å². The van der Waals surface area contributed by atoms with Crippen LogP contribution in [0.2, 0.25) is 0 Å². The Bertz CT molecular complexity index is 651. The first-order chi connectivity index (χ1) is 10.9. The lowest BCUT2D eigenvalue weighted by molar-refractivity contribution is -0.384. The lowest BCUT2D eigenvalue weighted by atomic mass is 9.82. The summed E-state index contributed by atoms with van der Waals surface area (Å²) in [6.45, 7) is 3.77. The first kappa shape index (κ1) is 16.7. The fourth-order valence-electron chi connectivity index (χ4n) is 2.59. The van der Waals surface area contributed by atoms with Gasteiger partial charge in [0, 0.05) is 29.6 Å². The summed E-state index contributed by atoms with van der Waals surface area (Å²) in [5.41, 5.74) is 1.33. The molecule has 1 aliphatic carbocycles. The summed E-state index contributed by atoms with van der Waals surface area (Å²) < 4.78 is 4.94. The molecule has 0 fully saturated rings. The molecule has 2 unspecified atom stereocenters. The van der Waals surface area contributed by atoms with Gasteiger partial charge in [-0.05, 0) is 31.4 Å². The van der Waals surface area contributed by atoms with Crippen molar-refractivity contribution in [2.45, 2.75) is 20.3 Å².